The molecule has 0 saturated heterocycles. The van der Waals surface area contributed by atoms with Gasteiger partial charge in [0.15, 0.2) is 0 Å². The molecule has 0 aromatic heterocycles. The van der Waals surface area contributed by atoms with E-state index in [1.54, 1.807) is 21.3 Å². The number of nitriles is 1. The lowest BCUT2D eigenvalue weighted by Gasteiger charge is -2.38. The molecule has 1 heterocycles. The molecule has 0 atom stereocenters. The largest absolute Gasteiger partial charge is 0.427 e. The molecular formula is C12H20B2NO2. The monoisotopic (exact) mass is 232 g/mol. The molecule has 5 heteroatoms. The summed E-state index contributed by atoms with van der Waals surface area (Å²) in [6.07, 6.45) is 4.71. The number of aliphatic hydroxyl groups is 1. The van der Waals surface area contributed by atoms with Gasteiger partial charge in [0, 0.05) is 5.97 Å². The first-order valence-corrected chi connectivity index (χ1v) is 6.08. The van der Waals surface area contributed by atoms with Crippen molar-refractivity contribution in [3.63, 3.8) is 0 Å². The van der Waals surface area contributed by atoms with Gasteiger partial charge in [-0.25, -0.2) is 5.26 Å². The highest BCUT2D eigenvalue weighted by molar-refractivity contribution is 6.69. The van der Waals surface area contributed by atoms with Crippen LogP contribution >= 0.6 is 0 Å². The molecule has 0 fully saturated rings. The molecule has 0 spiro atoms. The maximum atomic E-state index is 9.96. The molecule has 1 N–H and O–H groups in total. The van der Waals surface area contributed by atoms with Crippen molar-refractivity contribution in [2.24, 2.45) is 0 Å². The van der Waals surface area contributed by atoms with Crippen LogP contribution in [-0.4, -0.2) is 30.5 Å². The summed E-state index contributed by atoms with van der Waals surface area (Å²) in [4.78, 5) is 0. The Labute approximate surface area is 105 Å². The lowest BCUT2D eigenvalue weighted by atomic mass is 9.41. The molecule has 17 heavy (non-hydrogen) atoms. The van der Waals surface area contributed by atoms with Crippen LogP contribution in [0.15, 0.2) is 11.5 Å². The Morgan fingerprint density at radius 1 is 1.47 bits per heavy atom. The quantitative estimate of drug-likeness (QED) is 0.754. The Morgan fingerprint density at radius 2 is 2.12 bits per heavy atom. The van der Waals surface area contributed by atoms with Gasteiger partial charge in [-0.15, -0.1) is 0 Å². The van der Waals surface area contributed by atoms with E-state index < -0.39 is 11.2 Å². The zero-order valence-corrected chi connectivity index (χ0v) is 11.2. The first-order chi connectivity index (χ1) is 7.76. The fraction of sp³-hybridized carbons (Fsp3) is 0.750. The lowest BCUT2D eigenvalue weighted by Crippen LogP contribution is -2.48. The van der Waals surface area contributed by atoms with Crippen molar-refractivity contribution in [2.45, 2.75) is 58.0 Å². The summed E-state index contributed by atoms with van der Waals surface area (Å²) >= 11 is 0. The van der Waals surface area contributed by atoms with Crippen LogP contribution in [0.2, 0.25) is 12.6 Å². The minimum atomic E-state index is -0.909. The topological polar surface area (TPSA) is 53.2 Å². The third-order valence-electron chi connectivity index (χ3n) is 3.56. The molecule has 0 amide bonds. The van der Waals surface area contributed by atoms with E-state index in [1.165, 1.54) is 0 Å². The van der Waals surface area contributed by atoms with Gasteiger partial charge in [-0.05, 0) is 40.4 Å². The molecular weight excluding hydrogens is 212 g/mol. The predicted octanol–water partition coefficient (Wildman–Crippen LogP) is 2.02. The normalized spacial score (nSPS) is 17.4. The summed E-state index contributed by atoms with van der Waals surface area (Å²) < 4.78 is 5.67. The number of rotatable bonds is 4. The number of nitrogens with zero attached hydrogens (tertiary/aromatic N) is 1. The van der Waals surface area contributed by atoms with Crippen LogP contribution in [0, 0.1) is 11.2 Å². The van der Waals surface area contributed by atoms with Crippen LogP contribution in [0.3, 0.4) is 0 Å². The molecule has 1 aliphatic heterocycles. The van der Waals surface area contributed by atoms with Crippen LogP contribution in [0.4, 0.5) is 0 Å². The Morgan fingerprint density at radius 3 is 2.65 bits per heavy atom. The van der Waals surface area contributed by atoms with E-state index in [-0.39, 0.29) is 6.71 Å². The van der Waals surface area contributed by atoms with Gasteiger partial charge < -0.3 is 9.76 Å². The lowest BCUT2D eigenvalue weighted by molar-refractivity contribution is -0.0897. The minimum Gasteiger partial charge on any atom is -0.427 e. The van der Waals surface area contributed by atoms with Crippen LogP contribution < -0.4 is 0 Å². The second-order valence-electron chi connectivity index (χ2n) is 5.69. The molecule has 0 aliphatic carbocycles. The van der Waals surface area contributed by atoms with Crippen molar-refractivity contribution < 1.29 is 9.76 Å². The van der Waals surface area contributed by atoms with Crippen molar-refractivity contribution in [1.29, 1.82) is 5.26 Å². The van der Waals surface area contributed by atoms with Gasteiger partial charge in [0.2, 0.25) is 0 Å². The van der Waals surface area contributed by atoms with E-state index in [0.29, 0.717) is 0 Å². The third-order valence-corrected chi connectivity index (χ3v) is 3.56. The third kappa shape index (κ3) is 3.90. The molecule has 1 rings (SSSR count). The molecule has 91 valence electrons. The molecule has 1 aliphatic rings. The zero-order valence-electron chi connectivity index (χ0n) is 11.2. The fourth-order valence-electron chi connectivity index (χ4n) is 1.51. The van der Waals surface area contributed by atoms with Crippen LogP contribution in [0.5, 0.6) is 0 Å². The van der Waals surface area contributed by atoms with E-state index in [2.05, 4.69) is 12.0 Å². The molecule has 0 aromatic carbocycles. The maximum Gasteiger partial charge on any atom is 0.325 e. The SMILES string of the molecule is CC(C)(O)C(C)(C)O[B]C1=CCCB(C#N)C1. The number of hydrogen-bond acceptors (Lipinski definition) is 3. The first-order valence-electron chi connectivity index (χ1n) is 6.08. The van der Waals surface area contributed by atoms with E-state index in [1.807, 2.05) is 13.8 Å². The van der Waals surface area contributed by atoms with Crippen molar-refractivity contribution in [3.05, 3.63) is 11.5 Å². The maximum absolute atomic E-state index is 9.96. The van der Waals surface area contributed by atoms with Crippen molar-refractivity contribution >= 4 is 14.2 Å². The van der Waals surface area contributed by atoms with Gasteiger partial charge >= 0.3 is 7.48 Å². The standard InChI is InChI=1S/C12H20B2NO2/c1-11(2,16)12(3,4)17-13-10-6-5-7-14(8-10)9-15/h6,16H,5,7-8H2,1-4H3. The number of allylic oxidation sites excluding steroid dienone is 2. The smallest absolute Gasteiger partial charge is 0.325 e. The highest BCUT2D eigenvalue weighted by atomic mass is 16.5. The summed E-state index contributed by atoms with van der Waals surface area (Å²) in [5, 5.41) is 18.9. The fourth-order valence-corrected chi connectivity index (χ4v) is 1.51. The van der Waals surface area contributed by atoms with E-state index in [9.17, 15) is 5.11 Å². The Hall–Kier alpha value is -0.720. The van der Waals surface area contributed by atoms with Crippen LogP contribution in [0.1, 0.15) is 34.1 Å². The van der Waals surface area contributed by atoms with Crippen LogP contribution in [0.25, 0.3) is 0 Å². The Kier molecular flexibility index (Phi) is 4.46. The Balaban J connectivity index is 2.52. The minimum absolute atomic E-state index is 0.0973. The second-order valence-corrected chi connectivity index (χ2v) is 5.69. The van der Waals surface area contributed by atoms with E-state index >= 15 is 0 Å². The Bertz CT molecular complexity index is 339. The summed E-state index contributed by atoms with van der Waals surface area (Å²) in [6, 6.07) is 0. The molecule has 0 bridgehead atoms. The highest BCUT2D eigenvalue weighted by Gasteiger charge is 2.36. The average molecular weight is 232 g/mol. The molecule has 0 aromatic rings. The highest BCUT2D eigenvalue weighted by Crippen LogP contribution is 2.26. The number of hydrogen-bond donors (Lipinski definition) is 1. The molecule has 0 unspecified atom stereocenters. The van der Waals surface area contributed by atoms with Crippen molar-refractivity contribution in [2.75, 3.05) is 0 Å². The van der Waals surface area contributed by atoms with Gasteiger partial charge in [-0.2, -0.15) is 0 Å². The predicted molar refractivity (Wildman–Crippen MR) is 70.9 cm³/mol. The summed E-state index contributed by atoms with van der Waals surface area (Å²) in [7, 11) is 1.70. The zero-order chi connectivity index (χ0) is 13.1. The molecule has 1 radical (unpaired) electrons. The van der Waals surface area contributed by atoms with Crippen molar-refractivity contribution in [1.82, 2.24) is 0 Å². The van der Waals surface area contributed by atoms with Crippen LogP contribution in [-0.2, 0) is 4.65 Å². The van der Waals surface area contributed by atoms with Gasteiger partial charge in [-0.3, -0.25) is 0 Å². The summed E-state index contributed by atoms with van der Waals surface area (Å²) in [6.45, 7) is 7.27. The summed E-state index contributed by atoms with van der Waals surface area (Å²) in [5.74, 6) is 2.30. The average Bonchev–Trinajstić information content (AvgIpc) is 2.25. The van der Waals surface area contributed by atoms with E-state index in [0.717, 1.165) is 24.5 Å². The molecule has 3 nitrogen and oxygen atoms in total. The van der Waals surface area contributed by atoms with Crippen molar-refractivity contribution in [3.8, 4) is 5.97 Å². The first kappa shape index (κ1) is 14.3. The van der Waals surface area contributed by atoms with Gasteiger partial charge in [0.25, 0.3) is 6.71 Å². The van der Waals surface area contributed by atoms with Gasteiger partial charge in [0.1, 0.15) is 0 Å². The van der Waals surface area contributed by atoms with Gasteiger partial charge in [0.05, 0.1) is 11.2 Å². The second kappa shape index (κ2) is 5.29. The molecule has 0 saturated carbocycles. The van der Waals surface area contributed by atoms with Gasteiger partial charge in [-0.1, -0.05) is 17.9 Å². The summed E-state index contributed by atoms with van der Waals surface area (Å²) in [5.41, 5.74) is -0.499. The van der Waals surface area contributed by atoms with E-state index in [4.69, 9.17) is 9.92 Å².